The van der Waals surface area contributed by atoms with Crippen molar-refractivity contribution in [1.82, 2.24) is 4.90 Å². The normalized spacial score (nSPS) is 25.1. The van der Waals surface area contributed by atoms with Crippen LogP contribution in [0.1, 0.15) is 13.8 Å². The first-order valence-electron chi connectivity index (χ1n) is 5.32. The quantitative estimate of drug-likeness (QED) is 0.397. The third-order valence-corrected chi connectivity index (χ3v) is 3.16. The van der Waals surface area contributed by atoms with Crippen LogP contribution in [0.5, 0.6) is 0 Å². The zero-order valence-corrected chi connectivity index (χ0v) is 9.81. The van der Waals surface area contributed by atoms with Crippen molar-refractivity contribution in [3.05, 3.63) is 10.4 Å². The lowest BCUT2D eigenvalue weighted by atomic mass is 9.83. The van der Waals surface area contributed by atoms with Crippen LogP contribution in [-0.2, 0) is 4.74 Å². The van der Waals surface area contributed by atoms with E-state index in [1.165, 1.54) is 0 Å². The maximum absolute atomic E-state index is 8.20. The maximum Gasteiger partial charge on any atom is 0.0508 e. The minimum absolute atomic E-state index is 0.298. The summed E-state index contributed by atoms with van der Waals surface area (Å²) < 4.78 is 5.23. The fraction of sp³-hybridized carbons (Fsp3) is 1.00. The van der Waals surface area contributed by atoms with Gasteiger partial charge in [0.25, 0.3) is 0 Å². The van der Waals surface area contributed by atoms with Crippen molar-refractivity contribution in [3.8, 4) is 0 Å². The first kappa shape index (κ1) is 12.3. The monoisotopic (exact) mass is 212 g/mol. The summed E-state index contributed by atoms with van der Waals surface area (Å²) in [5.41, 5.74) is 8.50. The fourth-order valence-corrected chi connectivity index (χ4v) is 2.21. The van der Waals surface area contributed by atoms with Crippen LogP contribution in [0.25, 0.3) is 10.4 Å². The molecule has 1 aliphatic rings. The third kappa shape index (κ3) is 3.38. The van der Waals surface area contributed by atoms with E-state index in [2.05, 4.69) is 28.8 Å². The van der Waals surface area contributed by atoms with Crippen LogP contribution in [0.4, 0.5) is 0 Å². The zero-order valence-electron chi connectivity index (χ0n) is 9.81. The Morgan fingerprint density at radius 1 is 1.60 bits per heavy atom. The average Bonchev–Trinajstić information content (AvgIpc) is 2.43. The molecule has 0 spiro atoms. The molecule has 0 aromatic carbocycles. The van der Waals surface area contributed by atoms with Crippen molar-refractivity contribution < 1.29 is 4.74 Å². The standard InChI is InChI=1S/C10H20N4O/c1-10(2)8-14(5-4-12-13-11)6-9(10)7-15-3/h9H,4-8H2,1-3H3/t9-/m1/s1. The third-order valence-electron chi connectivity index (χ3n) is 3.16. The number of methoxy groups -OCH3 is 1. The number of nitrogens with zero attached hydrogens (tertiary/aromatic N) is 4. The number of rotatable bonds is 5. The Hall–Kier alpha value is -0.770. The molecule has 0 radical (unpaired) electrons. The van der Waals surface area contributed by atoms with Gasteiger partial charge in [-0.25, -0.2) is 0 Å². The summed E-state index contributed by atoms with van der Waals surface area (Å²) in [6.45, 7) is 8.86. The number of ether oxygens (including phenoxy) is 1. The Morgan fingerprint density at radius 3 is 2.93 bits per heavy atom. The minimum Gasteiger partial charge on any atom is -0.384 e. The van der Waals surface area contributed by atoms with E-state index in [-0.39, 0.29) is 0 Å². The van der Waals surface area contributed by atoms with Gasteiger partial charge in [0.1, 0.15) is 0 Å². The highest BCUT2D eigenvalue weighted by atomic mass is 16.5. The highest BCUT2D eigenvalue weighted by Gasteiger charge is 2.38. The SMILES string of the molecule is COC[C@H]1CN(CCN=[N+]=[N-])CC1(C)C. The molecule has 5 heteroatoms. The molecule has 1 fully saturated rings. The summed E-state index contributed by atoms with van der Waals surface area (Å²) in [4.78, 5) is 5.11. The lowest BCUT2D eigenvalue weighted by molar-refractivity contribution is 0.112. The van der Waals surface area contributed by atoms with E-state index in [1.807, 2.05) is 0 Å². The van der Waals surface area contributed by atoms with E-state index in [4.69, 9.17) is 10.3 Å². The van der Waals surface area contributed by atoms with Gasteiger partial charge in [0, 0.05) is 44.1 Å². The summed E-state index contributed by atoms with van der Waals surface area (Å²) in [5, 5.41) is 3.56. The van der Waals surface area contributed by atoms with Crippen LogP contribution >= 0.6 is 0 Å². The number of hydrogen-bond acceptors (Lipinski definition) is 3. The van der Waals surface area contributed by atoms with E-state index in [9.17, 15) is 0 Å². The van der Waals surface area contributed by atoms with Gasteiger partial charge >= 0.3 is 0 Å². The Labute approximate surface area is 91.0 Å². The predicted molar refractivity (Wildman–Crippen MR) is 59.6 cm³/mol. The first-order chi connectivity index (χ1) is 7.10. The molecular weight excluding hydrogens is 192 g/mol. The first-order valence-corrected chi connectivity index (χ1v) is 5.32. The second-order valence-corrected chi connectivity index (χ2v) is 4.83. The summed E-state index contributed by atoms with van der Waals surface area (Å²) in [7, 11) is 1.75. The van der Waals surface area contributed by atoms with Crippen LogP contribution in [-0.4, -0.2) is 44.8 Å². The van der Waals surface area contributed by atoms with E-state index in [0.717, 1.165) is 26.2 Å². The van der Waals surface area contributed by atoms with Gasteiger partial charge in [-0.2, -0.15) is 0 Å². The summed E-state index contributed by atoms with van der Waals surface area (Å²) >= 11 is 0. The summed E-state index contributed by atoms with van der Waals surface area (Å²) in [5.74, 6) is 0.577. The van der Waals surface area contributed by atoms with Gasteiger partial charge in [0.15, 0.2) is 0 Å². The maximum atomic E-state index is 8.20. The molecule has 0 aromatic rings. The van der Waals surface area contributed by atoms with Gasteiger partial charge in [-0.3, -0.25) is 0 Å². The molecule has 1 heterocycles. The second kappa shape index (κ2) is 5.35. The summed E-state index contributed by atoms with van der Waals surface area (Å²) in [6, 6.07) is 0. The Morgan fingerprint density at radius 2 is 2.33 bits per heavy atom. The molecule has 0 amide bonds. The molecule has 5 nitrogen and oxygen atoms in total. The molecule has 0 saturated carbocycles. The van der Waals surface area contributed by atoms with Crippen molar-refractivity contribution in [3.63, 3.8) is 0 Å². The van der Waals surface area contributed by atoms with Crippen LogP contribution < -0.4 is 0 Å². The molecular formula is C10H20N4O. The van der Waals surface area contributed by atoms with E-state index in [0.29, 0.717) is 17.9 Å². The van der Waals surface area contributed by atoms with Gasteiger partial charge in [-0.05, 0) is 10.9 Å². The van der Waals surface area contributed by atoms with E-state index < -0.39 is 0 Å². The smallest absolute Gasteiger partial charge is 0.0508 e. The lowest BCUT2D eigenvalue weighted by Gasteiger charge is -2.24. The largest absolute Gasteiger partial charge is 0.384 e. The second-order valence-electron chi connectivity index (χ2n) is 4.83. The van der Waals surface area contributed by atoms with Gasteiger partial charge in [0.05, 0.1) is 6.61 Å². The van der Waals surface area contributed by atoms with Crippen LogP contribution in [0.2, 0.25) is 0 Å². The van der Waals surface area contributed by atoms with Gasteiger partial charge in [-0.15, -0.1) is 0 Å². The highest BCUT2D eigenvalue weighted by molar-refractivity contribution is 4.90. The van der Waals surface area contributed by atoms with Gasteiger partial charge < -0.3 is 9.64 Å². The van der Waals surface area contributed by atoms with Crippen molar-refractivity contribution in [2.75, 3.05) is 39.9 Å². The minimum atomic E-state index is 0.298. The number of hydrogen-bond donors (Lipinski definition) is 0. The Bertz CT molecular complexity index is 248. The predicted octanol–water partition coefficient (Wildman–Crippen LogP) is 1.90. The molecule has 15 heavy (non-hydrogen) atoms. The number of azide groups is 1. The van der Waals surface area contributed by atoms with Crippen molar-refractivity contribution >= 4 is 0 Å². The molecule has 86 valence electrons. The molecule has 0 N–H and O–H groups in total. The molecule has 0 unspecified atom stereocenters. The molecule has 0 aliphatic carbocycles. The molecule has 1 rings (SSSR count). The van der Waals surface area contributed by atoms with Crippen LogP contribution in [0.15, 0.2) is 5.11 Å². The zero-order chi connectivity index (χ0) is 11.3. The van der Waals surface area contributed by atoms with Gasteiger partial charge in [-0.1, -0.05) is 19.0 Å². The van der Waals surface area contributed by atoms with Crippen molar-refractivity contribution in [2.24, 2.45) is 16.4 Å². The Balaban J connectivity index is 2.42. The molecule has 0 bridgehead atoms. The van der Waals surface area contributed by atoms with Gasteiger partial charge in [0.2, 0.25) is 0 Å². The van der Waals surface area contributed by atoms with Crippen LogP contribution in [0.3, 0.4) is 0 Å². The topological polar surface area (TPSA) is 61.2 Å². The van der Waals surface area contributed by atoms with E-state index in [1.54, 1.807) is 7.11 Å². The van der Waals surface area contributed by atoms with Crippen molar-refractivity contribution in [1.29, 1.82) is 0 Å². The Kier molecular flexibility index (Phi) is 4.39. The molecule has 1 saturated heterocycles. The molecule has 0 aromatic heterocycles. The van der Waals surface area contributed by atoms with Crippen molar-refractivity contribution in [2.45, 2.75) is 13.8 Å². The fourth-order valence-electron chi connectivity index (χ4n) is 2.21. The number of likely N-dealkylation sites (tertiary alicyclic amines) is 1. The lowest BCUT2D eigenvalue weighted by Crippen LogP contribution is -2.26. The highest BCUT2D eigenvalue weighted by Crippen LogP contribution is 2.34. The summed E-state index contributed by atoms with van der Waals surface area (Å²) in [6.07, 6.45) is 0. The average molecular weight is 212 g/mol. The molecule has 1 aliphatic heterocycles. The molecule has 1 atom stereocenters. The van der Waals surface area contributed by atoms with Crippen LogP contribution in [0, 0.1) is 11.3 Å². The van der Waals surface area contributed by atoms with E-state index >= 15 is 0 Å².